The van der Waals surface area contributed by atoms with Gasteiger partial charge in [0.25, 0.3) is 5.91 Å². The lowest BCUT2D eigenvalue weighted by atomic mass is 10.1. The molecule has 1 amide bonds. The van der Waals surface area contributed by atoms with Crippen molar-refractivity contribution in [3.8, 4) is 0 Å². The normalized spacial score (nSPS) is 19.0. The second-order valence-corrected chi connectivity index (χ2v) is 6.94. The van der Waals surface area contributed by atoms with Crippen molar-refractivity contribution in [3.63, 3.8) is 0 Å². The van der Waals surface area contributed by atoms with E-state index in [9.17, 15) is 17.6 Å². The fourth-order valence-electron chi connectivity index (χ4n) is 1.99. The number of sulfone groups is 1. The summed E-state index contributed by atoms with van der Waals surface area (Å²) in [6.45, 7) is 0. The number of nitrogens with two attached hydrogens (primary N) is 1. The second-order valence-electron chi connectivity index (χ2n) is 4.64. The van der Waals surface area contributed by atoms with E-state index >= 15 is 0 Å². The summed E-state index contributed by atoms with van der Waals surface area (Å²) in [6.07, 6.45) is 0.815. The van der Waals surface area contributed by atoms with Crippen molar-refractivity contribution < 1.29 is 17.6 Å². The molecule has 0 saturated carbocycles. The molecule has 1 saturated heterocycles. The summed E-state index contributed by atoms with van der Waals surface area (Å²) in [5.41, 5.74) is 5.58. The van der Waals surface area contributed by atoms with Crippen LogP contribution in [0.2, 0.25) is 0 Å². The van der Waals surface area contributed by atoms with Gasteiger partial charge in [0, 0.05) is 11.6 Å². The molecule has 5 nitrogen and oxygen atoms in total. The highest BCUT2D eigenvalue weighted by molar-refractivity contribution is 7.91. The van der Waals surface area contributed by atoms with Gasteiger partial charge in [-0.15, -0.1) is 0 Å². The van der Waals surface area contributed by atoms with Crippen LogP contribution in [0.25, 0.3) is 0 Å². The van der Waals surface area contributed by atoms with Crippen molar-refractivity contribution in [1.29, 1.82) is 0 Å². The maximum atomic E-state index is 13.0. The van der Waals surface area contributed by atoms with Gasteiger partial charge in [-0.1, -0.05) is 0 Å². The number of hydrogen-bond donors (Lipinski definition) is 2. The molecule has 0 aliphatic carbocycles. The molecule has 0 atom stereocenters. The molecule has 1 heterocycles. The van der Waals surface area contributed by atoms with E-state index in [1.165, 1.54) is 12.1 Å². The molecule has 1 aromatic rings. The standard InChI is InChI=1S/C12H15FN2O3S/c13-10-2-1-8(7-11(10)14)12(16)15-9-3-5-19(17,18)6-4-9/h1-2,7,9H,3-6,14H2,(H,15,16). The Balaban J connectivity index is 2.00. The largest absolute Gasteiger partial charge is 0.396 e. The van der Waals surface area contributed by atoms with E-state index in [0.717, 1.165) is 6.07 Å². The molecule has 104 valence electrons. The Morgan fingerprint density at radius 1 is 1.32 bits per heavy atom. The van der Waals surface area contributed by atoms with Crippen LogP contribution in [-0.2, 0) is 9.84 Å². The fourth-order valence-corrected chi connectivity index (χ4v) is 3.48. The molecule has 0 bridgehead atoms. The highest BCUT2D eigenvalue weighted by Gasteiger charge is 2.25. The number of carbonyl (C=O) groups is 1. The first-order valence-electron chi connectivity index (χ1n) is 5.94. The van der Waals surface area contributed by atoms with Gasteiger partial charge in [0.2, 0.25) is 0 Å². The van der Waals surface area contributed by atoms with E-state index in [-0.39, 0.29) is 34.7 Å². The first kappa shape index (κ1) is 13.8. The highest BCUT2D eigenvalue weighted by atomic mass is 32.2. The molecule has 1 aliphatic heterocycles. The molecule has 0 spiro atoms. The number of hydrogen-bond acceptors (Lipinski definition) is 4. The zero-order chi connectivity index (χ0) is 14.0. The molecular weight excluding hydrogens is 271 g/mol. The molecule has 0 radical (unpaired) electrons. The Labute approximate surface area is 110 Å². The molecule has 19 heavy (non-hydrogen) atoms. The minimum atomic E-state index is -2.95. The SMILES string of the molecule is Nc1cc(C(=O)NC2CCS(=O)(=O)CC2)ccc1F. The number of benzene rings is 1. The van der Waals surface area contributed by atoms with Crippen molar-refractivity contribution in [2.24, 2.45) is 0 Å². The summed E-state index contributed by atoms with van der Waals surface area (Å²) < 4.78 is 35.5. The van der Waals surface area contributed by atoms with E-state index in [0.29, 0.717) is 12.8 Å². The second kappa shape index (κ2) is 5.16. The summed E-state index contributed by atoms with van der Waals surface area (Å²) in [6, 6.07) is 3.59. The van der Waals surface area contributed by atoms with Gasteiger partial charge in [-0.2, -0.15) is 0 Å². The number of rotatable bonds is 2. The summed E-state index contributed by atoms with van der Waals surface area (Å²) in [5, 5.41) is 2.74. The Hall–Kier alpha value is -1.63. The van der Waals surface area contributed by atoms with E-state index in [1.54, 1.807) is 0 Å². The molecule has 2 rings (SSSR count). The number of amides is 1. The molecule has 1 aliphatic rings. The Bertz CT molecular complexity index is 587. The van der Waals surface area contributed by atoms with Crippen LogP contribution < -0.4 is 11.1 Å². The summed E-state index contributed by atoms with van der Waals surface area (Å²) in [7, 11) is -2.95. The van der Waals surface area contributed by atoms with Crippen LogP contribution >= 0.6 is 0 Å². The van der Waals surface area contributed by atoms with Crippen LogP contribution in [0.5, 0.6) is 0 Å². The van der Waals surface area contributed by atoms with Crippen molar-refractivity contribution in [2.75, 3.05) is 17.2 Å². The highest BCUT2D eigenvalue weighted by Crippen LogP contribution is 2.15. The van der Waals surface area contributed by atoms with E-state index in [2.05, 4.69) is 5.32 Å². The monoisotopic (exact) mass is 286 g/mol. The van der Waals surface area contributed by atoms with Gasteiger partial charge in [-0.05, 0) is 31.0 Å². The van der Waals surface area contributed by atoms with E-state index in [1.807, 2.05) is 0 Å². The molecule has 0 unspecified atom stereocenters. The molecule has 7 heteroatoms. The summed E-state index contributed by atoms with van der Waals surface area (Å²) in [5.74, 6) is -0.760. The Morgan fingerprint density at radius 3 is 2.53 bits per heavy atom. The number of halogens is 1. The third-order valence-electron chi connectivity index (χ3n) is 3.15. The van der Waals surface area contributed by atoms with Crippen LogP contribution in [0.3, 0.4) is 0 Å². The predicted octanol–water partition coefficient (Wildman–Crippen LogP) is 0.715. The Kier molecular flexibility index (Phi) is 3.75. The molecular formula is C12H15FN2O3S. The fraction of sp³-hybridized carbons (Fsp3) is 0.417. The van der Waals surface area contributed by atoms with Gasteiger partial charge in [0.1, 0.15) is 15.7 Å². The van der Waals surface area contributed by atoms with Gasteiger partial charge >= 0.3 is 0 Å². The zero-order valence-corrected chi connectivity index (χ0v) is 11.0. The van der Waals surface area contributed by atoms with Crippen LogP contribution in [0.15, 0.2) is 18.2 Å². The van der Waals surface area contributed by atoms with Crippen molar-refractivity contribution in [3.05, 3.63) is 29.6 Å². The van der Waals surface area contributed by atoms with Gasteiger partial charge in [0.15, 0.2) is 0 Å². The van der Waals surface area contributed by atoms with Crippen molar-refractivity contribution >= 4 is 21.4 Å². The van der Waals surface area contributed by atoms with Crippen LogP contribution in [0.4, 0.5) is 10.1 Å². The first-order valence-corrected chi connectivity index (χ1v) is 7.76. The minimum absolute atomic E-state index is 0.0844. The topological polar surface area (TPSA) is 89.3 Å². The summed E-state index contributed by atoms with van der Waals surface area (Å²) >= 11 is 0. The van der Waals surface area contributed by atoms with Crippen molar-refractivity contribution in [1.82, 2.24) is 5.32 Å². The molecule has 3 N–H and O–H groups in total. The molecule has 0 aromatic heterocycles. The maximum absolute atomic E-state index is 13.0. The van der Waals surface area contributed by atoms with Crippen LogP contribution in [0.1, 0.15) is 23.2 Å². The quantitative estimate of drug-likeness (QED) is 0.784. The number of anilines is 1. The predicted molar refractivity (Wildman–Crippen MR) is 70.0 cm³/mol. The van der Waals surface area contributed by atoms with E-state index in [4.69, 9.17) is 5.73 Å². The first-order chi connectivity index (χ1) is 8.87. The lowest BCUT2D eigenvalue weighted by Crippen LogP contribution is -2.40. The van der Waals surface area contributed by atoms with Crippen LogP contribution in [0, 0.1) is 5.82 Å². The third kappa shape index (κ3) is 3.44. The minimum Gasteiger partial charge on any atom is -0.396 e. The lowest BCUT2D eigenvalue weighted by Gasteiger charge is -2.23. The van der Waals surface area contributed by atoms with Crippen molar-refractivity contribution in [2.45, 2.75) is 18.9 Å². The Morgan fingerprint density at radius 2 is 1.95 bits per heavy atom. The maximum Gasteiger partial charge on any atom is 0.251 e. The van der Waals surface area contributed by atoms with Gasteiger partial charge < -0.3 is 11.1 Å². The number of carbonyl (C=O) groups excluding carboxylic acids is 1. The molecule has 1 aromatic carbocycles. The van der Waals surface area contributed by atoms with E-state index < -0.39 is 15.7 Å². The average Bonchev–Trinajstić information content (AvgIpc) is 2.35. The van der Waals surface area contributed by atoms with Gasteiger partial charge in [-0.25, -0.2) is 12.8 Å². The van der Waals surface area contributed by atoms with Crippen LogP contribution in [-0.4, -0.2) is 31.9 Å². The zero-order valence-electron chi connectivity index (χ0n) is 10.2. The summed E-state index contributed by atoms with van der Waals surface area (Å²) in [4.78, 5) is 11.9. The number of nitrogens with one attached hydrogen (secondary N) is 1. The van der Waals surface area contributed by atoms with Gasteiger partial charge in [0.05, 0.1) is 17.2 Å². The smallest absolute Gasteiger partial charge is 0.251 e. The van der Waals surface area contributed by atoms with Gasteiger partial charge in [-0.3, -0.25) is 4.79 Å². The average molecular weight is 286 g/mol. The third-order valence-corrected chi connectivity index (χ3v) is 4.86. The molecule has 1 fully saturated rings. The number of nitrogen functional groups attached to an aromatic ring is 1. The lowest BCUT2D eigenvalue weighted by molar-refractivity contribution is 0.0934.